The van der Waals surface area contributed by atoms with Crippen molar-refractivity contribution < 1.29 is 5.11 Å². The molecule has 1 unspecified atom stereocenters. The fraction of sp³-hybridized carbons (Fsp3) is 0.600. The average molecular weight is 169 g/mol. The fourth-order valence-electron chi connectivity index (χ4n) is 1.25. The molecule has 0 aromatic heterocycles. The summed E-state index contributed by atoms with van der Waals surface area (Å²) in [5.74, 6) is 0.456. The quantitative estimate of drug-likeness (QED) is 0.630. The van der Waals surface area contributed by atoms with Gasteiger partial charge in [-0.1, -0.05) is 24.6 Å². The van der Waals surface area contributed by atoms with Crippen molar-refractivity contribution in [3.8, 4) is 0 Å². The Morgan fingerprint density at radius 3 is 2.50 bits per heavy atom. The van der Waals surface area contributed by atoms with Crippen molar-refractivity contribution in [2.24, 2.45) is 11.7 Å². The minimum Gasteiger partial charge on any atom is -0.403 e. The molecule has 0 amide bonds. The highest BCUT2D eigenvalue weighted by atomic mass is 16.2. The van der Waals surface area contributed by atoms with Gasteiger partial charge in [0, 0.05) is 5.70 Å². The van der Waals surface area contributed by atoms with E-state index in [9.17, 15) is 0 Å². The van der Waals surface area contributed by atoms with Crippen LogP contribution in [0, 0.1) is 5.92 Å². The van der Waals surface area contributed by atoms with Crippen LogP contribution in [-0.4, -0.2) is 11.7 Å². The Hall–Kier alpha value is -0.760. The van der Waals surface area contributed by atoms with Gasteiger partial charge in [0.15, 0.2) is 0 Å². The SMILES string of the molecule is C/C(N)=C\C(C)C/C(C)=C/CO. The number of hydrogen-bond acceptors (Lipinski definition) is 2. The lowest BCUT2D eigenvalue weighted by atomic mass is 10.0. The smallest absolute Gasteiger partial charge is 0.0614 e. The van der Waals surface area contributed by atoms with Gasteiger partial charge in [0.2, 0.25) is 0 Å². The number of aliphatic hydroxyl groups excluding tert-OH is 1. The molecule has 1 atom stereocenters. The first-order chi connectivity index (χ1) is 5.56. The molecule has 0 bridgehead atoms. The standard InChI is InChI=1S/C10H19NO/c1-8(4-5-12)6-9(2)7-10(3)11/h4,7,9,12H,5-6,11H2,1-3H3/b8-4+,10-7+. The van der Waals surface area contributed by atoms with Crippen molar-refractivity contribution >= 4 is 0 Å². The summed E-state index contributed by atoms with van der Waals surface area (Å²) in [6.45, 7) is 6.16. The molecular weight excluding hydrogens is 150 g/mol. The molecule has 2 nitrogen and oxygen atoms in total. The van der Waals surface area contributed by atoms with Gasteiger partial charge in [-0.05, 0) is 26.2 Å². The molecule has 3 N–H and O–H groups in total. The highest BCUT2D eigenvalue weighted by Crippen LogP contribution is 2.12. The van der Waals surface area contributed by atoms with E-state index in [-0.39, 0.29) is 6.61 Å². The van der Waals surface area contributed by atoms with E-state index in [0.717, 1.165) is 12.1 Å². The minimum absolute atomic E-state index is 0.129. The van der Waals surface area contributed by atoms with Crippen molar-refractivity contribution in [1.82, 2.24) is 0 Å². The number of rotatable bonds is 4. The largest absolute Gasteiger partial charge is 0.403 e. The van der Waals surface area contributed by atoms with Gasteiger partial charge in [0.05, 0.1) is 6.61 Å². The number of allylic oxidation sites excluding steroid dienone is 3. The summed E-state index contributed by atoms with van der Waals surface area (Å²) in [6.07, 6.45) is 4.83. The van der Waals surface area contributed by atoms with Gasteiger partial charge in [-0.15, -0.1) is 0 Å². The maximum Gasteiger partial charge on any atom is 0.0614 e. The molecule has 70 valence electrons. The van der Waals surface area contributed by atoms with Gasteiger partial charge in [0.25, 0.3) is 0 Å². The third kappa shape index (κ3) is 5.98. The van der Waals surface area contributed by atoms with Crippen LogP contribution < -0.4 is 5.73 Å². The molecule has 0 fully saturated rings. The van der Waals surface area contributed by atoms with E-state index in [2.05, 4.69) is 6.92 Å². The van der Waals surface area contributed by atoms with Gasteiger partial charge in [-0.3, -0.25) is 0 Å². The highest BCUT2D eigenvalue weighted by Gasteiger charge is 1.98. The van der Waals surface area contributed by atoms with Gasteiger partial charge >= 0.3 is 0 Å². The first-order valence-electron chi connectivity index (χ1n) is 4.26. The minimum atomic E-state index is 0.129. The maximum atomic E-state index is 8.61. The van der Waals surface area contributed by atoms with Crippen LogP contribution in [0.3, 0.4) is 0 Å². The Kier molecular flexibility index (Phi) is 5.47. The lowest BCUT2D eigenvalue weighted by Crippen LogP contribution is -1.98. The van der Waals surface area contributed by atoms with Gasteiger partial charge < -0.3 is 10.8 Å². The summed E-state index contributed by atoms with van der Waals surface area (Å²) in [6, 6.07) is 0. The third-order valence-corrected chi connectivity index (χ3v) is 1.63. The summed E-state index contributed by atoms with van der Waals surface area (Å²) >= 11 is 0. The van der Waals surface area contributed by atoms with Gasteiger partial charge in [0.1, 0.15) is 0 Å². The summed E-state index contributed by atoms with van der Waals surface area (Å²) in [5, 5.41) is 8.61. The van der Waals surface area contributed by atoms with E-state index in [1.54, 1.807) is 0 Å². The molecule has 0 radical (unpaired) electrons. The van der Waals surface area contributed by atoms with E-state index in [1.807, 2.05) is 26.0 Å². The average Bonchev–Trinajstić information content (AvgIpc) is 1.84. The third-order valence-electron chi connectivity index (χ3n) is 1.63. The van der Waals surface area contributed by atoms with E-state index in [4.69, 9.17) is 10.8 Å². The summed E-state index contributed by atoms with van der Waals surface area (Å²) < 4.78 is 0. The Morgan fingerprint density at radius 1 is 1.50 bits per heavy atom. The topological polar surface area (TPSA) is 46.2 Å². The molecule has 0 heterocycles. The highest BCUT2D eigenvalue weighted by molar-refractivity contribution is 5.04. The molecular formula is C10H19NO. The normalized spacial score (nSPS) is 16.3. The molecule has 2 heteroatoms. The monoisotopic (exact) mass is 169 g/mol. The molecule has 0 saturated carbocycles. The zero-order valence-corrected chi connectivity index (χ0v) is 8.17. The van der Waals surface area contributed by atoms with Crippen LogP contribution in [0.15, 0.2) is 23.4 Å². The molecule has 0 aliphatic carbocycles. The number of aliphatic hydroxyl groups is 1. The first kappa shape index (κ1) is 11.2. The molecule has 0 aromatic rings. The second-order valence-electron chi connectivity index (χ2n) is 3.33. The van der Waals surface area contributed by atoms with E-state index in [0.29, 0.717) is 5.92 Å². The van der Waals surface area contributed by atoms with Crippen LogP contribution in [0.25, 0.3) is 0 Å². The van der Waals surface area contributed by atoms with Crippen LogP contribution >= 0.6 is 0 Å². The molecule has 0 aromatic carbocycles. The second-order valence-corrected chi connectivity index (χ2v) is 3.33. The second kappa shape index (κ2) is 5.84. The van der Waals surface area contributed by atoms with Crippen molar-refractivity contribution in [1.29, 1.82) is 0 Å². The van der Waals surface area contributed by atoms with Crippen LogP contribution in [0.5, 0.6) is 0 Å². The van der Waals surface area contributed by atoms with Gasteiger partial charge in [-0.25, -0.2) is 0 Å². The fourth-order valence-corrected chi connectivity index (χ4v) is 1.25. The molecule has 0 saturated heterocycles. The molecule has 12 heavy (non-hydrogen) atoms. The van der Waals surface area contributed by atoms with E-state index >= 15 is 0 Å². The summed E-state index contributed by atoms with van der Waals surface area (Å²) in [4.78, 5) is 0. The van der Waals surface area contributed by atoms with Crippen LogP contribution in [-0.2, 0) is 0 Å². The van der Waals surface area contributed by atoms with E-state index < -0.39 is 0 Å². The molecule has 0 spiro atoms. The maximum absolute atomic E-state index is 8.61. The van der Waals surface area contributed by atoms with Crippen molar-refractivity contribution in [2.75, 3.05) is 6.61 Å². The van der Waals surface area contributed by atoms with Crippen LogP contribution in [0.2, 0.25) is 0 Å². The van der Waals surface area contributed by atoms with Crippen molar-refractivity contribution in [3.05, 3.63) is 23.4 Å². The first-order valence-corrected chi connectivity index (χ1v) is 4.26. The molecule has 0 aliphatic heterocycles. The Balaban J connectivity index is 3.92. The van der Waals surface area contributed by atoms with Crippen LogP contribution in [0.1, 0.15) is 27.2 Å². The Bertz CT molecular complexity index is 178. The predicted molar refractivity (Wildman–Crippen MR) is 52.6 cm³/mol. The number of hydrogen-bond donors (Lipinski definition) is 2. The van der Waals surface area contributed by atoms with E-state index in [1.165, 1.54) is 5.57 Å². The van der Waals surface area contributed by atoms with Crippen LogP contribution in [0.4, 0.5) is 0 Å². The predicted octanol–water partition coefficient (Wildman–Crippen LogP) is 1.81. The zero-order chi connectivity index (χ0) is 9.56. The Labute approximate surface area is 74.8 Å². The zero-order valence-electron chi connectivity index (χ0n) is 8.17. The molecule has 0 rings (SSSR count). The summed E-state index contributed by atoms with van der Waals surface area (Å²) in [5.41, 5.74) is 7.61. The lowest BCUT2D eigenvalue weighted by Gasteiger charge is -2.06. The van der Waals surface area contributed by atoms with Crippen molar-refractivity contribution in [3.63, 3.8) is 0 Å². The number of nitrogens with two attached hydrogens (primary N) is 1. The summed E-state index contributed by atoms with van der Waals surface area (Å²) in [7, 11) is 0. The lowest BCUT2D eigenvalue weighted by molar-refractivity contribution is 0.341. The Morgan fingerprint density at radius 2 is 2.08 bits per heavy atom. The molecule has 0 aliphatic rings. The van der Waals surface area contributed by atoms with Crippen molar-refractivity contribution in [2.45, 2.75) is 27.2 Å². The van der Waals surface area contributed by atoms with Gasteiger partial charge in [-0.2, -0.15) is 0 Å².